The zero-order chi connectivity index (χ0) is 40.1. The van der Waals surface area contributed by atoms with E-state index in [4.69, 9.17) is 0 Å². The standard InChI is InChI=1S/C60H39N/c1-4-19-41(20-5-1)59(42-21-6-2-7-22-42)52-29-15-12-26-47(52)49-35-33-44(38-56(49)59)61(43-23-8-3-9-24-43)45-34-36-50-48-27-13-16-30-53(48)60(57(50)39-45)54-31-17-14-28-51(54)58-46-25-11-10-18-40(46)32-37-55(58)60/h1-39H. The molecule has 0 amide bonds. The molecule has 10 aromatic carbocycles. The molecule has 0 bridgehead atoms. The van der Waals surface area contributed by atoms with Gasteiger partial charge >= 0.3 is 0 Å². The summed E-state index contributed by atoms with van der Waals surface area (Å²) in [5, 5.41) is 2.57. The summed E-state index contributed by atoms with van der Waals surface area (Å²) >= 11 is 0. The van der Waals surface area contributed by atoms with Gasteiger partial charge in [-0.3, -0.25) is 0 Å². The first-order valence-corrected chi connectivity index (χ1v) is 21.3. The Hall–Kier alpha value is -7.74. The summed E-state index contributed by atoms with van der Waals surface area (Å²) in [6.45, 7) is 0. The van der Waals surface area contributed by atoms with Gasteiger partial charge in [-0.1, -0.05) is 200 Å². The van der Waals surface area contributed by atoms with Gasteiger partial charge in [-0.15, -0.1) is 0 Å². The average Bonchev–Trinajstić information content (AvgIpc) is 3.92. The Bertz CT molecular complexity index is 3330. The first-order chi connectivity index (χ1) is 30.3. The van der Waals surface area contributed by atoms with Gasteiger partial charge in [-0.2, -0.15) is 0 Å². The topological polar surface area (TPSA) is 3.24 Å². The van der Waals surface area contributed by atoms with Crippen LogP contribution in [0.3, 0.4) is 0 Å². The fraction of sp³-hybridized carbons (Fsp3) is 0.0333. The normalized spacial score (nSPS) is 15.7. The molecule has 3 aliphatic carbocycles. The maximum absolute atomic E-state index is 2.51. The second-order valence-corrected chi connectivity index (χ2v) is 16.7. The second-order valence-electron chi connectivity index (χ2n) is 16.7. The monoisotopic (exact) mass is 773 g/mol. The molecule has 0 radical (unpaired) electrons. The van der Waals surface area contributed by atoms with E-state index in [1.807, 2.05) is 0 Å². The molecule has 1 atom stereocenters. The van der Waals surface area contributed by atoms with Gasteiger partial charge in [0.15, 0.2) is 0 Å². The van der Waals surface area contributed by atoms with Crippen molar-refractivity contribution in [3.63, 3.8) is 0 Å². The van der Waals surface area contributed by atoms with Gasteiger partial charge in [-0.05, 0) is 125 Å². The van der Waals surface area contributed by atoms with E-state index in [1.165, 1.54) is 88.7 Å². The predicted octanol–water partition coefficient (Wildman–Crippen LogP) is 15.0. The molecular formula is C60H39N. The molecule has 284 valence electrons. The Balaban J connectivity index is 1.08. The molecule has 61 heavy (non-hydrogen) atoms. The third-order valence-electron chi connectivity index (χ3n) is 13.9. The van der Waals surface area contributed by atoms with Crippen LogP contribution in [0.15, 0.2) is 237 Å². The minimum atomic E-state index is -0.503. The SMILES string of the molecule is c1ccc(N(c2ccc3c(c2)C(c2ccccc2)(c2ccccc2)c2ccccc2-3)c2ccc3c(c2)C2(c4ccccc4-3)c3ccccc3-c3c2ccc2ccccc32)cc1. The van der Waals surface area contributed by atoms with E-state index >= 15 is 0 Å². The lowest BCUT2D eigenvalue weighted by Gasteiger charge is -2.35. The molecule has 0 saturated heterocycles. The van der Waals surface area contributed by atoms with Crippen molar-refractivity contribution in [2.75, 3.05) is 4.90 Å². The molecule has 1 heteroatoms. The van der Waals surface area contributed by atoms with Crippen LogP contribution in [-0.4, -0.2) is 0 Å². The van der Waals surface area contributed by atoms with E-state index in [2.05, 4.69) is 241 Å². The minimum Gasteiger partial charge on any atom is -0.310 e. The average molecular weight is 774 g/mol. The van der Waals surface area contributed by atoms with Gasteiger partial charge in [0.25, 0.3) is 0 Å². The predicted molar refractivity (Wildman–Crippen MR) is 252 cm³/mol. The fourth-order valence-electron chi connectivity index (χ4n) is 11.6. The summed E-state index contributed by atoms with van der Waals surface area (Å²) in [5.41, 5.74) is 20.7. The highest BCUT2D eigenvalue weighted by atomic mass is 15.1. The number of benzene rings is 10. The summed E-state index contributed by atoms with van der Waals surface area (Å²) in [7, 11) is 0. The number of anilines is 3. The summed E-state index contributed by atoms with van der Waals surface area (Å²) in [4.78, 5) is 2.48. The second kappa shape index (κ2) is 12.9. The first-order valence-electron chi connectivity index (χ1n) is 21.3. The van der Waals surface area contributed by atoms with Crippen LogP contribution in [0.25, 0.3) is 44.2 Å². The molecule has 1 nitrogen and oxygen atoms in total. The van der Waals surface area contributed by atoms with E-state index in [-0.39, 0.29) is 0 Å². The largest absolute Gasteiger partial charge is 0.310 e. The molecule has 13 rings (SSSR count). The number of nitrogens with zero attached hydrogens (tertiary/aromatic N) is 1. The first kappa shape index (κ1) is 34.2. The summed E-state index contributed by atoms with van der Waals surface area (Å²) in [5.74, 6) is 0. The van der Waals surface area contributed by atoms with Gasteiger partial charge < -0.3 is 4.90 Å². The van der Waals surface area contributed by atoms with Crippen molar-refractivity contribution in [3.8, 4) is 33.4 Å². The Labute approximate surface area is 356 Å². The van der Waals surface area contributed by atoms with E-state index < -0.39 is 10.8 Å². The van der Waals surface area contributed by atoms with Crippen molar-refractivity contribution in [2.24, 2.45) is 0 Å². The van der Waals surface area contributed by atoms with Gasteiger partial charge in [0.2, 0.25) is 0 Å². The zero-order valence-electron chi connectivity index (χ0n) is 33.5. The van der Waals surface area contributed by atoms with Crippen LogP contribution in [0.4, 0.5) is 17.1 Å². The smallest absolute Gasteiger partial charge is 0.0726 e. The molecule has 1 spiro atoms. The van der Waals surface area contributed by atoms with Crippen LogP contribution in [0.5, 0.6) is 0 Å². The molecule has 0 aromatic heterocycles. The highest BCUT2D eigenvalue weighted by Gasteiger charge is 2.52. The zero-order valence-corrected chi connectivity index (χ0v) is 33.5. The quantitative estimate of drug-likeness (QED) is 0.168. The summed E-state index contributed by atoms with van der Waals surface area (Å²) in [6.07, 6.45) is 0. The number of fused-ring (bicyclic) bond motifs is 15. The lowest BCUT2D eigenvalue weighted by molar-refractivity contribution is 0.768. The van der Waals surface area contributed by atoms with Gasteiger partial charge in [-0.25, -0.2) is 0 Å². The fourth-order valence-corrected chi connectivity index (χ4v) is 11.6. The lowest BCUT2D eigenvalue weighted by Crippen LogP contribution is -2.28. The van der Waals surface area contributed by atoms with E-state index in [1.54, 1.807) is 0 Å². The van der Waals surface area contributed by atoms with Crippen molar-refractivity contribution in [3.05, 3.63) is 281 Å². The Morgan fingerprint density at radius 1 is 0.262 bits per heavy atom. The van der Waals surface area contributed by atoms with Crippen LogP contribution >= 0.6 is 0 Å². The van der Waals surface area contributed by atoms with Crippen LogP contribution in [0.2, 0.25) is 0 Å². The maximum atomic E-state index is 2.51. The molecular weight excluding hydrogens is 735 g/mol. The van der Waals surface area contributed by atoms with E-state index in [0.717, 1.165) is 17.1 Å². The number of hydrogen-bond acceptors (Lipinski definition) is 1. The number of hydrogen-bond donors (Lipinski definition) is 0. The Morgan fingerprint density at radius 3 is 1.31 bits per heavy atom. The van der Waals surface area contributed by atoms with Crippen LogP contribution in [0, 0.1) is 0 Å². The number of para-hydroxylation sites is 1. The van der Waals surface area contributed by atoms with Crippen LogP contribution in [0.1, 0.15) is 44.5 Å². The molecule has 0 N–H and O–H groups in total. The molecule has 1 unspecified atom stereocenters. The van der Waals surface area contributed by atoms with Crippen molar-refractivity contribution in [2.45, 2.75) is 10.8 Å². The van der Waals surface area contributed by atoms with Crippen LogP contribution < -0.4 is 4.90 Å². The lowest BCUT2D eigenvalue weighted by atomic mass is 9.67. The summed E-state index contributed by atoms with van der Waals surface area (Å²) in [6, 6.07) is 88.4. The van der Waals surface area contributed by atoms with Gasteiger partial charge in [0.1, 0.15) is 0 Å². The molecule has 0 aliphatic heterocycles. The highest BCUT2D eigenvalue weighted by molar-refractivity contribution is 6.06. The summed E-state index contributed by atoms with van der Waals surface area (Å²) < 4.78 is 0. The Kier molecular flexibility index (Phi) is 7.21. The molecule has 0 heterocycles. The van der Waals surface area contributed by atoms with E-state index in [9.17, 15) is 0 Å². The molecule has 0 fully saturated rings. The van der Waals surface area contributed by atoms with Crippen molar-refractivity contribution < 1.29 is 0 Å². The van der Waals surface area contributed by atoms with Gasteiger partial charge in [0.05, 0.1) is 10.8 Å². The molecule has 0 saturated carbocycles. The third kappa shape index (κ3) is 4.50. The van der Waals surface area contributed by atoms with Crippen molar-refractivity contribution >= 4 is 27.8 Å². The molecule has 3 aliphatic rings. The molecule has 10 aromatic rings. The van der Waals surface area contributed by atoms with Gasteiger partial charge in [0, 0.05) is 17.1 Å². The number of rotatable bonds is 5. The van der Waals surface area contributed by atoms with Crippen LogP contribution in [-0.2, 0) is 10.8 Å². The van der Waals surface area contributed by atoms with E-state index in [0.29, 0.717) is 0 Å². The maximum Gasteiger partial charge on any atom is 0.0726 e. The third-order valence-corrected chi connectivity index (χ3v) is 13.9. The minimum absolute atomic E-state index is 0.477. The van der Waals surface area contributed by atoms with Crippen molar-refractivity contribution in [1.29, 1.82) is 0 Å². The van der Waals surface area contributed by atoms with Crippen molar-refractivity contribution in [1.82, 2.24) is 0 Å². The highest BCUT2D eigenvalue weighted by Crippen LogP contribution is 2.64. The Morgan fingerprint density at radius 2 is 0.705 bits per heavy atom.